The number of carbonyl (C=O) groups excluding carboxylic acids is 1. The molecule has 0 spiro atoms. The first-order valence-electron chi connectivity index (χ1n) is 7.59. The van der Waals surface area contributed by atoms with Crippen molar-refractivity contribution in [3.63, 3.8) is 0 Å². The van der Waals surface area contributed by atoms with Gasteiger partial charge in [0.2, 0.25) is 5.91 Å². The molecule has 3 fully saturated rings. The van der Waals surface area contributed by atoms with Crippen LogP contribution in [0.25, 0.3) is 0 Å². The summed E-state index contributed by atoms with van der Waals surface area (Å²) in [7, 11) is 0. The Balaban J connectivity index is 1.52. The minimum atomic E-state index is -0.806. The summed E-state index contributed by atoms with van der Waals surface area (Å²) in [6, 6.07) is 0. The van der Waals surface area contributed by atoms with E-state index in [0.29, 0.717) is 12.3 Å². The van der Waals surface area contributed by atoms with E-state index in [2.05, 4.69) is 5.32 Å². The third kappa shape index (κ3) is 2.63. The maximum absolute atomic E-state index is 12.2. The van der Waals surface area contributed by atoms with Gasteiger partial charge in [-0.3, -0.25) is 9.59 Å². The van der Waals surface area contributed by atoms with E-state index in [-0.39, 0.29) is 12.3 Å². The van der Waals surface area contributed by atoms with Gasteiger partial charge in [-0.2, -0.15) is 0 Å². The largest absolute Gasteiger partial charge is 0.481 e. The summed E-state index contributed by atoms with van der Waals surface area (Å²) < 4.78 is 0. The molecule has 3 saturated carbocycles. The highest BCUT2D eigenvalue weighted by molar-refractivity contribution is 5.79. The van der Waals surface area contributed by atoms with Gasteiger partial charge in [-0.15, -0.1) is 0 Å². The fourth-order valence-electron chi connectivity index (χ4n) is 4.45. The Morgan fingerprint density at radius 2 is 2.00 bits per heavy atom. The molecule has 0 saturated heterocycles. The molecule has 0 aromatic heterocycles. The standard InChI is InChI=1S/C15H23NO3/c17-13(8-12-7-10-2-3-11(12)6-10)16-15(4-1-5-15)9-14(18)19/h10-12H,1-9H2,(H,16,17)(H,18,19). The predicted molar refractivity (Wildman–Crippen MR) is 70.5 cm³/mol. The van der Waals surface area contributed by atoms with Crippen LogP contribution < -0.4 is 5.32 Å². The molecule has 3 atom stereocenters. The third-order valence-electron chi connectivity index (χ3n) is 5.54. The highest BCUT2D eigenvalue weighted by Crippen LogP contribution is 2.49. The molecule has 0 aliphatic heterocycles. The minimum absolute atomic E-state index is 0.0788. The van der Waals surface area contributed by atoms with Crippen molar-refractivity contribution in [2.24, 2.45) is 17.8 Å². The normalized spacial score (nSPS) is 34.8. The Hall–Kier alpha value is -1.06. The molecule has 106 valence electrons. The number of aliphatic carboxylic acids is 1. The zero-order chi connectivity index (χ0) is 13.5. The molecule has 4 nitrogen and oxygen atoms in total. The fraction of sp³-hybridized carbons (Fsp3) is 0.867. The van der Waals surface area contributed by atoms with Crippen molar-refractivity contribution in [2.75, 3.05) is 0 Å². The summed E-state index contributed by atoms with van der Waals surface area (Å²) in [5, 5.41) is 12.0. The summed E-state index contributed by atoms with van der Waals surface area (Å²) in [6.07, 6.45) is 8.54. The van der Waals surface area contributed by atoms with Crippen molar-refractivity contribution in [1.29, 1.82) is 0 Å². The van der Waals surface area contributed by atoms with E-state index < -0.39 is 11.5 Å². The van der Waals surface area contributed by atoms with E-state index in [4.69, 9.17) is 5.11 Å². The molecule has 3 aliphatic rings. The maximum atomic E-state index is 12.2. The topological polar surface area (TPSA) is 66.4 Å². The molecule has 19 heavy (non-hydrogen) atoms. The van der Waals surface area contributed by atoms with E-state index in [0.717, 1.165) is 31.1 Å². The Labute approximate surface area is 113 Å². The van der Waals surface area contributed by atoms with Crippen molar-refractivity contribution in [3.05, 3.63) is 0 Å². The lowest BCUT2D eigenvalue weighted by molar-refractivity contribution is -0.140. The Morgan fingerprint density at radius 3 is 2.47 bits per heavy atom. The average Bonchev–Trinajstić information content (AvgIpc) is 2.87. The number of carbonyl (C=O) groups is 2. The van der Waals surface area contributed by atoms with Crippen LogP contribution in [0.1, 0.15) is 57.8 Å². The third-order valence-corrected chi connectivity index (χ3v) is 5.54. The fourth-order valence-corrected chi connectivity index (χ4v) is 4.45. The Bertz CT molecular complexity index is 389. The zero-order valence-electron chi connectivity index (χ0n) is 11.4. The molecule has 3 aliphatic carbocycles. The maximum Gasteiger partial charge on any atom is 0.305 e. The lowest BCUT2D eigenvalue weighted by Gasteiger charge is -2.41. The second kappa shape index (κ2) is 4.80. The zero-order valence-corrected chi connectivity index (χ0v) is 11.4. The summed E-state index contributed by atoms with van der Waals surface area (Å²) in [6.45, 7) is 0. The van der Waals surface area contributed by atoms with Crippen molar-refractivity contribution < 1.29 is 14.7 Å². The number of nitrogens with one attached hydrogen (secondary N) is 1. The molecular formula is C15H23NO3. The predicted octanol–water partition coefficient (Wildman–Crippen LogP) is 2.33. The number of hydrogen-bond donors (Lipinski definition) is 2. The van der Waals surface area contributed by atoms with Crippen LogP contribution in [0.15, 0.2) is 0 Å². The number of amides is 1. The first kappa shape index (κ1) is 12.9. The molecule has 2 N–H and O–H groups in total. The SMILES string of the molecule is O=C(O)CC1(NC(=O)CC2CC3CCC2C3)CCC1. The molecule has 0 aromatic rings. The van der Waals surface area contributed by atoms with Gasteiger partial charge in [0.1, 0.15) is 0 Å². The number of fused-ring (bicyclic) bond motifs is 2. The smallest absolute Gasteiger partial charge is 0.305 e. The first-order valence-corrected chi connectivity index (χ1v) is 7.59. The summed E-state index contributed by atoms with van der Waals surface area (Å²) in [5.74, 6) is 1.45. The van der Waals surface area contributed by atoms with Crippen molar-refractivity contribution in [1.82, 2.24) is 5.32 Å². The van der Waals surface area contributed by atoms with Crippen LogP contribution in [0, 0.1) is 17.8 Å². The van der Waals surface area contributed by atoms with E-state index >= 15 is 0 Å². The summed E-state index contributed by atoms with van der Waals surface area (Å²) in [4.78, 5) is 23.0. The van der Waals surface area contributed by atoms with Crippen LogP contribution in [0.2, 0.25) is 0 Å². The van der Waals surface area contributed by atoms with Crippen molar-refractivity contribution in [2.45, 2.75) is 63.3 Å². The van der Waals surface area contributed by atoms with Gasteiger partial charge in [0.05, 0.1) is 12.0 Å². The van der Waals surface area contributed by atoms with Crippen LogP contribution in [0.4, 0.5) is 0 Å². The highest BCUT2D eigenvalue weighted by Gasteiger charge is 2.43. The summed E-state index contributed by atoms with van der Waals surface area (Å²) >= 11 is 0. The van der Waals surface area contributed by atoms with Gasteiger partial charge in [0, 0.05) is 6.42 Å². The van der Waals surface area contributed by atoms with Gasteiger partial charge in [-0.1, -0.05) is 6.42 Å². The second-order valence-corrected chi connectivity index (χ2v) is 6.89. The minimum Gasteiger partial charge on any atom is -0.481 e. The van der Waals surface area contributed by atoms with E-state index in [1.165, 1.54) is 25.7 Å². The number of carboxylic acids is 1. The van der Waals surface area contributed by atoms with Crippen LogP contribution in [0.3, 0.4) is 0 Å². The lowest BCUT2D eigenvalue weighted by atomic mass is 9.74. The molecule has 2 bridgehead atoms. The molecule has 1 amide bonds. The lowest BCUT2D eigenvalue weighted by Crippen LogP contribution is -2.55. The van der Waals surface area contributed by atoms with Gasteiger partial charge in [0.15, 0.2) is 0 Å². The van der Waals surface area contributed by atoms with Crippen molar-refractivity contribution >= 4 is 11.9 Å². The molecule has 0 aromatic carbocycles. The van der Waals surface area contributed by atoms with Crippen LogP contribution >= 0.6 is 0 Å². The average molecular weight is 265 g/mol. The molecule has 3 rings (SSSR count). The monoisotopic (exact) mass is 265 g/mol. The number of rotatable bonds is 5. The quantitative estimate of drug-likeness (QED) is 0.801. The Kier molecular flexibility index (Phi) is 3.27. The van der Waals surface area contributed by atoms with Crippen LogP contribution in [-0.2, 0) is 9.59 Å². The molecule has 0 heterocycles. The number of hydrogen-bond acceptors (Lipinski definition) is 2. The molecular weight excluding hydrogens is 242 g/mol. The van der Waals surface area contributed by atoms with Gasteiger partial charge in [-0.25, -0.2) is 0 Å². The second-order valence-electron chi connectivity index (χ2n) is 6.89. The van der Waals surface area contributed by atoms with Crippen molar-refractivity contribution in [3.8, 4) is 0 Å². The summed E-state index contributed by atoms with van der Waals surface area (Å²) in [5.41, 5.74) is -0.430. The van der Waals surface area contributed by atoms with Gasteiger partial charge in [-0.05, 0) is 56.3 Å². The van der Waals surface area contributed by atoms with Gasteiger partial charge in [0.25, 0.3) is 0 Å². The number of carboxylic acid groups (broad SMARTS) is 1. The molecule has 3 unspecified atom stereocenters. The van der Waals surface area contributed by atoms with E-state index in [9.17, 15) is 9.59 Å². The van der Waals surface area contributed by atoms with E-state index in [1.54, 1.807) is 0 Å². The molecule has 4 heteroatoms. The molecule has 0 radical (unpaired) electrons. The van der Waals surface area contributed by atoms with Crippen LogP contribution in [-0.4, -0.2) is 22.5 Å². The van der Waals surface area contributed by atoms with Crippen LogP contribution in [0.5, 0.6) is 0 Å². The highest BCUT2D eigenvalue weighted by atomic mass is 16.4. The first-order chi connectivity index (χ1) is 9.06. The van der Waals surface area contributed by atoms with E-state index in [1.807, 2.05) is 0 Å². The van der Waals surface area contributed by atoms with Gasteiger partial charge >= 0.3 is 5.97 Å². The van der Waals surface area contributed by atoms with Gasteiger partial charge < -0.3 is 10.4 Å². The Morgan fingerprint density at radius 1 is 1.21 bits per heavy atom.